The van der Waals surface area contributed by atoms with E-state index in [1.165, 1.54) is 11.3 Å². The Morgan fingerprint density at radius 1 is 1.32 bits per heavy atom. The lowest BCUT2D eigenvalue weighted by atomic mass is 10.1. The number of rotatable bonds is 5. The molecule has 0 radical (unpaired) electrons. The summed E-state index contributed by atoms with van der Waals surface area (Å²) in [4.78, 5) is 7.74. The predicted octanol–water partition coefficient (Wildman–Crippen LogP) is 5.10. The fourth-order valence-corrected chi connectivity index (χ4v) is 3.24. The Bertz CT molecular complexity index is 994. The van der Waals surface area contributed by atoms with E-state index in [0.717, 1.165) is 26.4 Å². The molecule has 1 aromatic heterocycles. The van der Waals surface area contributed by atoms with Crippen molar-refractivity contribution in [3.05, 3.63) is 65.1 Å². The molecule has 0 amide bonds. The number of halogens is 1. The molecule has 0 N–H and O–H groups in total. The first-order valence-electron chi connectivity index (χ1n) is 7.42. The summed E-state index contributed by atoms with van der Waals surface area (Å²) in [7, 11) is 0. The van der Waals surface area contributed by atoms with E-state index in [-0.39, 0.29) is 12.3 Å². The van der Waals surface area contributed by atoms with E-state index in [0.29, 0.717) is 5.75 Å². The van der Waals surface area contributed by atoms with Gasteiger partial charge in [0, 0.05) is 5.56 Å². The number of allylic oxidation sites excluding steroid dienone is 1. The Morgan fingerprint density at radius 2 is 2.12 bits per heavy atom. The van der Waals surface area contributed by atoms with Gasteiger partial charge in [-0.05, 0) is 29.8 Å². The van der Waals surface area contributed by atoms with Crippen molar-refractivity contribution in [1.29, 1.82) is 5.26 Å². The van der Waals surface area contributed by atoms with Gasteiger partial charge >= 0.3 is 0 Å². The zero-order valence-electron chi connectivity index (χ0n) is 13.1. The van der Waals surface area contributed by atoms with E-state index < -0.39 is 6.67 Å². The number of nitrogens with zero attached hydrogens (tertiary/aromatic N) is 3. The zero-order chi connectivity index (χ0) is 17.6. The predicted molar refractivity (Wildman–Crippen MR) is 96.7 cm³/mol. The lowest BCUT2D eigenvalue weighted by molar-refractivity contribution is 0.273. The van der Waals surface area contributed by atoms with Crippen LogP contribution in [0.4, 0.5) is 4.39 Å². The van der Waals surface area contributed by atoms with Crippen LogP contribution in [0.2, 0.25) is 0 Å². The highest BCUT2D eigenvalue weighted by atomic mass is 32.1. The molecule has 0 aliphatic carbocycles. The molecule has 3 rings (SSSR count). The Balaban J connectivity index is 1.88. The van der Waals surface area contributed by atoms with Crippen LogP contribution in [0.25, 0.3) is 31.7 Å². The summed E-state index contributed by atoms with van der Waals surface area (Å²) in [5.74, 6) is 0.629. The van der Waals surface area contributed by atoms with Gasteiger partial charge in [-0.3, -0.25) is 0 Å². The molecule has 25 heavy (non-hydrogen) atoms. The van der Waals surface area contributed by atoms with Crippen LogP contribution >= 0.6 is 11.3 Å². The summed E-state index contributed by atoms with van der Waals surface area (Å²) in [5.41, 5.74) is 2.65. The van der Waals surface area contributed by atoms with Crippen LogP contribution in [0.1, 0.15) is 5.56 Å². The molecule has 0 unspecified atom stereocenters. The molecule has 0 bridgehead atoms. The van der Waals surface area contributed by atoms with Crippen molar-refractivity contribution in [3.63, 3.8) is 0 Å². The van der Waals surface area contributed by atoms with E-state index in [2.05, 4.69) is 9.83 Å². The summed E-state index contributed by atoms with van der Waals surface area (Å²) in [6, 6.07) is 14.8. The molecule has 0 spiro atoms. The van der Waals surface area contributed by atoms with E-state index in [9.17, 15) is 4.39 Å². The van der Waals surface area contributed by atoms with Crippen LogP contribution in [0.5, 0.6) is 5.75 Å². The minimum absolute atomic E-state index is 0.0431. The maximum Gasteiger partial charge on any atom is 0.262 e. The van der Waals surface area contributed by atoms with Gasteiger partial charge in [-0.1, -0.05) is 24.3 Å². The van der Waals surface area contributed by atoms with Crippen molar-refractivity contribution in [2.45, 2.75) is 0 Å². The zero-order valence-corrected chi connectivity index (χ0v) is 13.9. The Hall–Kier alpha value is -3.22. The SMILES string of the molecule is [C-]#[N+]/C(C#N)=C\c1ccc(-c2nc3ccc(OCCF)cc3s2)cc1. The van der Waals surface area contributed by atoms with Crippen LogP contribution in [-0.2, 0) is 0 Å². The minimum Gasteiger partial charge on any atom is -0.491 e. The number of fused-ring (bicyclic) bond motifs is 1. The second-order valence-corrected chi connectivity index (χ2v) is 6.09. The molecular formula is C19H12FN3OS. The van der Waals surface area contributed by atoms with Crippen LogP contribution in [0, 0.1) is 17.9 Å². The number of aromatic nitrogens is 1. The third-order valence-corrected chi connectivity index (χ3v) is 4.47. The monoisotopic (exact) mass is 349 g/mol. The highest BCUT2D eigenvalue weighted by molar-refractivity contribution is 7.21. The van der Waals surface area contributed by atoms with Gasteiger partial charge < -0.3 is 4.74 Å². The topological polar surface area (TPSA) is 50.3 Å². The molecular weight excluding hydrogens is 337 g/mol. The smallest absolute Gasteiger partial charge is 0.262 e. The fourth-order valence-electron chi connectivity index (χ4n) is 2.24. The standard InChI is InChI=1S/C19H12FN3OS/c1-22-15(12-21)10-13-2-4-14(5-3-13)19-23-17-7-6-16(24-9-8-20)11-18(17)25-19/h2-7,10-11H,8-9H2/b15-10-. The molecule has 0 aliphatic rings. The van der Waals surface area contributed by atoms with Crippen molar-refractivity contribution < 1.29 is 9.13 Å². The van der Waals surface area contributed by atoms with E-state index in [1.54, 1.807) is 12.1 Å². The molecule has 0 atom stereocenters. The normalized spacial score (nSPS) is 11.1. The molecule has 0 aliphatic heterocycles. The van der Waals surface area contributed by atoms with Crippen molar-refractivity contribution >= 4 is 27.6 Å². The Morgan fingerprint density at radius 3 is 2.80 bits per heavy atom. The van der Waals surface area contributed by atoms with Crippen molar-refractivity contribution in [2.24, 2.45) is 0 Å². The van der Waals surface area contributed by atoms with Gasteiger partial charge in [-0.2, -0.15) is 0 Å². The largest absolute Gasteiger partial charge is 0.491 e. The van der Waals surface area contributed by atoms with Crippen molar-refractivity contribution in [1.82, 2.24) is 4.98 Å². The van der Waals surface area contributed by atoms with E-state index in [4.69, 9.17) is 16.6 Å². The highest BCUT2D eigenvalue weighted by Gasteiger charge is 2.08. The van der Waals surface area contributed by atoms with E-state index >= 15 is 0 Å². The molecule has 6 heteroatoms. The number of hydrogen-bond acceptors (Lipinski definition) is 4. The first-order valence-corrected chi connectivity index (χ1v) is 8.24. The van der Waals surface area contributed by atoms with Crippen LogP contribution in [0.15, 0.2) is 48.2 Å². The molecule has 2 aromatic carbocycles. The molecule has 4 nitrogen and oxygen atoms in total. The number of hydrogen-bond donors (Lipinski definition) is 0. The van der Waals surface area contributed by atoms with Crippen molar-refractivity contribution in [3.8, 4) is 22.4 Å². The minimum atomic E-state index is -0.520. The fraction of sp³-hybridized carbons (Fsp3) is 0.105. The molecule has 0 saturated carbocycles. The third-order valence-electron chi connectivity index (χ3n) is 3.40. The lowest BCUT2D eigenvalue weighted by Gasteiger charge is -2.01. The molecule has 122 valence electrons. The van der Waals surface area contributed by atoms with Crippen molar-refractivity contribution in [2.75, 3.05) is 13.3 Å². The van der Waals surface area contributed by atoms with E-state index in [1.807, 2.05) is 42.5 Å². The second-order valence-electron chi connectivity index (χ2n) is 5.06. The molecule has 3 aromatic rings. The summed E-state index contributed by atoms with van der Waals surface area (Å²) >= 11 is 1.53. The average molecular weight is 349 g/mol. The Kier molecular flexibility index (Phi) is 5.03. The number of benzene rings is 2. The summed E-state index contributed by atoms with van der Waals surface area (Å²) in [5, 5.41) is 9.67. The molecule has 1 heterocycles. The maximum absolute atomic E-state index is 12.2. The number of alkyl halides is 1. The van der Waals surface area contributed by atoms with Gasteiger partial charge in [0.1, 0.15) is 24.0 Å². The summed E-state index contributed by atoms with van der Waals surface area (Å²) in [6.45, 7) is 6.43. The number of thiazole rings is 1. The number of nitriles is 1. The summed E-state index contributed by atoms with van der Waals surface area (Å²) in [6.07, 6.45) is 1.55. The van der Waals surface area contributed by atoms with Gasteiger partial charge in [0.2, 0.25) is 0 Å². The third kappa shape index (κ3) is 3.82. The van der Waals surface area contributed by atoms with Gasteiger partial charge in [-0.15, -0.1) is 11.3 Å². The Labute approximate surface area is 148 Å². The van der Waals surface area contributed by atoms with Crippen LogP contribution < -0.4 is 4.74 Å². The second kappa shape index (κ2) is 7.57. The maximum atomic E-state index is 12.2. The van der Waals surface area contributed by atoms with Gasteiger partial charge in [-0.25, -0.2) is 19.5 Å². The molecule has 0 saturated heterocycles. The van der Waals surface area contributed by atoms with Gasteiger partial charge in [0.05, 0.1) is 22.9 Å². The van der Waals surface area contributed by atoms with Crippen LogP contribution in [0.3, 0.4) is 0 Å². The van der Waals surface area contributed by atoms with Crippen LogP contribution in [-0.4, -0.2) is 18.3 Å². The lowest BCUT2D eigenvalue weighted by Crippen LogP contribution is -1.97. The first-order chi connectivity index (χ1) is 12.2. The quantitative estimate of drug-likeness (QED) is 0.476. The molecule has 0 fully saturated rings. The summed E-state index contributed by atoms with van der Waals surface area (Å²) < 4.78 is 18.5. The first kappa shape index (κ1) is 16.6. The van der Waals surface area contributed by atoms with Gasteiger partial charge in [0.15, 0.2) is 0 Å². The van der Waals surface area contributed by atoms with Gasteiger partial charge in [0.25, 0.3) is 5.70 Å². The average Bonchev–Trinajstić information content (AvgIpc) is 3.08. The number of ether oxygens (including phenoxy) is 1. The highest BCUT2D eigenvalue weighted by Crippen LogP contribution is 2.32.